The van der Waals surface area contributed by atoms with Gasteiger partial charge >= 0.3 is 5.69 Å². The molecule has 9 heteroatoms. The van der Waals surface area contributed by atoms with Gasteiger partial charge in [0.1, 0.15) is 11.3 Å². The summed E-state index contributed by atoms with van der Waals surface area (Å²) in [4.78, 5) is 45.4. The molecule has 9 nitrogen and oxygen atoms in total. The summed E-state index contributed by atoms with van der Waals surface area (Å²) in [5, 5.41) is 3.14. The quantitative estimate of drug-likeness (QED) is 0.530. The summed E-state index contributed by atoms with van der Waals surface area (Å²) >= 11 is 0. The number of hydrogen-bond donors (Lipinski definition) is 1. The molecule has 1 amide bonds. The highest BCUT2D eigenvalue weighted by Gasteiger charge is 2.14. The largest absolute Gasteiger partial charge is 0.347 e. The van der Waals surface area contributed by atoms with E-state index in [1.165, 1.54) is 30.8 Å². The number of nitrogens with one attached hydrogen (secondary N) is 1. The van der Waals surface area contributed by atoms with Crippen molar-refractivity contribution < 1.29 is 4.79 Å². The van der Waals surface area contributed by atoms with E-state index in [1.807, 2.05) is 35.0 Å². The maximum absolute atomic E-state index is 12.7. The van der Waals surface area contributed by atoms with Crippen LogP contribution in [0.5, 0.6) is 0 Å². The first kappa shape index (κ1) is 19.3. The van der Waals surface area contributed by atoms with Crippen LogP contribution >= 0.6 is 0 Å². The lowest BCUT2D eigenvalue weighted by atomic mass is 10.1. The highest BCUT2D eigenvalue weighted by Crippen LogP contribution is 2.11. The molecule has 4 aromatic rings. The topological polar surface area (TPSA) is 104 Å². The molecule has 0 unspecified atom stereocenters. The molecule has 3 heterocycles. The summed E-state index contributed by atoms with van der Waals surface area (Å²) in [6.07, 6.45) is 5.34. The van der Waals surface area contributed by atoms with E-state index in [2.05, 4.69) is 15.3 Å². The molecular formula is C21H20N6O3. The number of rotatable bonds is 5. The Balaban J connectivity index is 1.58. The van der Waals surface area contributed by atoms with Gasteiger partial charge in [-0.15, -0.1) is 0 Å². The first-order valence-electron chi connectivity index (χ1n) is 9.33. The average Bonchev–Trinajstić information content (AvgIpc) is 3.28. The van der Waals surface area contributed by atoms with Crippen molar-refractivity contribution in [2.24, 2.45) is 14.1 Å². The summed E-state index contributed by atoms with van der Waals surface area (Å²) < 4.78 is 4.22. The lowest BCUT2D eigenvalue weighted by Crippen LogP contribution is -2.37. The van der Waals surface area contributed by atoms with Crippen molar-refractivity contribution in [3.63, 3.8) is 0 Å². The maximum atomic E-state index is 12.7. The molecule has 0 aliphatic rings. The first-order chi connectivity index (χ1) is 14.5. The highest BCUT2D eigenvalue weighted by atomic mass is 16.2. The van der Waals surface area contributed by atoms with Gasteiger partial charge in [0.05, 0.1) is 11.7 Å². The molecule has 152 valence electrons. The van der Waals surface area contributed by atoms with E-state index in [9.17, 15) is 14.4 Å². The highest BCUT2D eigenvalue weighted by molar-refractivity contribution is 5.94. The molecule has 1 aromatic carbocycles. The van der Waals surface area contributed by atoms with Crippen molar-refractivity contribution in [1.29, 1.82) is 0 Å². The number of nitrogens with zero attached hydrogens (tertiary/aromatic N) is 5. The van der Waals surface area contributed by atoms with Crippen LogP contribution in [-0.2, 0) is 27.2 Å². The van der Waals surface area contributed by atoms with Crippen LogP contribution in [-0.4, -0.2) is 29.6 Å². The Morgan fingerprint density at radius 1 is 1.03 bits per heavy atom. The molecular weight excluding hydrogens is 384 g/mol. The van der Waals surface area contributed by atoms with E-state index in [0.29, 0.717) is 13.1 Å². The Bertz CT molecular complexity index is 1350. The third kappa shape index (κ3) is 3.52. The number of fused-ring (bicyclic) bond motifs is 1. The minimum absolute atomic E-state index is 0.137. The minimum Gasteiger partial charge on any atom is -0.347 e. The molecule has 4 rings (SSSR count). The van der Waals surface area contributed by atoms with Crippen molar-refractivity contribution in [3.05, 3.63) is 92.8 Å². The Morgan fingerprint density at radius 2 is 1.80 bits per heavy atom. The molecule has 0 aliphatic carbocycles. The van der Waals surface area contributed by atoms with Crippen molar-refractivity contribution in [2.75, 3.05) is 0 Å². The van der Waals surface area contributed by atoms with Gasteiger partial charge in [-0.2, -0.15) is 0 Å². The predicted molar refractivity (Wildman–Crippen MR) is 111 cm³/mol. The van der Waals surface area contributed by atoms with Gasteiger partial charge < -0.3 is 9.88 Å². The molecule has 0 bridgehead atoms. The number of pyridine rings is 1. The molecule has 0 spiro atoms. The van der Waals surface area contributed by atoms with Gasteiger partial charge in [0, 0.05) is 39.6 Å². The smallest absolute Gasteiger partial charge is 0.332 e. The van der Waals surface area contributed by atoms with Crippen LogP contribution in [0.1, 0.15) is 21.6 Å². The molecule has 30 heavy (non-hydrogen) atoms. The van der Waals surface area contributed by atoms with Gasteiger partial charge in [0.2, 0.25) is 0 Å². The zero-order valence-corrected chi connectivity index (χ0v) is 16.6. The SMILES string of the molecule is Cn1c(=O)c2ccc(C(=O)NCc3ccccc3Cn3ccnc3)nc2n(C)c1=O. The van der Waals surface area contributed by atoms with E-state index in [4.69, 9.17) is 0 Å². The minimum atomic E-state index is -0.494. The second kappa shape index (κ2) is 7.78. The average molecular weight is 404 g/mol. The molecule has 0 saturated carbocycles. The molecule has 0 atom stereocenters. The number of hydrogen-bond acceptors (Lipinski definition) is 5. The van der Waals surface area contributed by atoms with Gasteiger partial charge in [-0.1, -0.05) is 24.3 Å². The summed E-state index contributed by atoms with van der Waals surface area (Å²) in [6, 6.07) is 10.8. The number of aryl methyl sites for hydroxylation is 1. The lowest BCUT2D eigenvalue weighted by molar-refractivity contribution is 0.0946. The molecule has 3 aromatic heterocycles. The van der Waals surface area contributed by atoms with Gasteiger partial charge in [-0.3, -0.25) is 18.7 Å². The molecule has 0 aliphatic heterocycles. The summed E-state index contributed by atoms with van der Waals surface area (Å²) in [5.41, 5.74) is 1.41. The monoisotopic (exact) mass is 404 g/mol. The van der Waals surface area contributed by atoms with Crippen LogP contribution in [0, 0.1) is 0 Å². The van der Waals surface area contributed by atoms with E-state index in [1.54, 1.807) is 12.5 Å². The normalized spacial score (nSPS) is 11.0. The van der Waals surface area contributed by atoms with Crippen LogP contribution in [0.4, 0.5) is 0 Å². The fourth-order valence-electron chi connectivity index (χ4n) is 3.31. The van der Waals surface area contributed by atoms with Gasteiger partial charge in [0.15, 0.2) is 0 Å². The Kier molecular flexibility index (Phi) is 5.01. The van der Waals surface area contributed by atoms with Crippen molar-refractivity contribution in [1.82, 2.24) is 29.0 Å². The van der Waals surface area contributed by atoms with E-state index >= 15 is 0 Å². The van der Waals surface area contributed by atoms with Crippen LogP contribution in [0.25, 0.3) is 11.0 Å². The number of aromatic nitrogens is 5. The predicted octanol–water partition coefficient (Wildman–Crippen LogP) is 0.807. The zero-order chi connectivity index (χ0) is 21.3. The van der Waals surface area contributed by atoms with Crippen LogP contribution < -0.4 is 16.6 Å². The summed E-state index contributed by atoms with van der Waals surface area (Å²) in [6.45, 7) is 0.963. The van der Waals surface area contributed by atoms with Crippen molar-refractivity contribution >= 4 is 16.9 Å². The number of amides is 1. The van der Waals surface area contributed by atoms with Gasteiger partial charge in [0.25, 0.3) is 11.5 Å². The van der Waals surface area contributed by atoms with Crippen LogP contribution in [0.15, 0.2) is 64.7 Å². The maximum Gasteiger partial charge on any atom is 0.332 e. The van der Waals surface area contributed by atoms with Gasteiger partial charge in [-0.05, 0) is 23.3 Å². The Labute approximate surface area is 171 Å². The van der Waals surface area contributed by atoms with E-state index in [0.717, 1.165) is 15.7 Å². The molecule has 1 N–H and O–H groups in total. The number of carbonyl (C=O) groups is 1. The lowest BCUT2D eigenvalue weighted by Gasteiger charge is -2.12. The van der Waals surface area contributed by atoms with E-state index < -0.39 is 11.2 Å². The summed E-state index contributed by atoms with van der Waals surface area (Å²) in [7, 11) is 2.93. The van der Waals surface area contributed by atoms with Crippen molar-refractivity contribution in [3.8, 4) is 0 Å². The Morgan fingerprint density at radius 3 is 2.53 bits per heavy atom. The van der Waals surface area contributed by atoms with Crippen LogP contribution in [0.3, 0.4) is 0 Å². The first-order valence-corrected chi connectivity index (χ1v) is 9.33. The fourth-order valence-corrected chi connectivity index (χ4v) is 3.31. The van der Waals surface area contributed by atoms with Gasteiger partial charge in [-0.25, -0.2) is 14.8 Å². The third-order valence-corrected chi connectivity index (χ3v) is 5.00. The second-order valence-electron chi connectivity index (χ2n) is 6.96. The van der Waals surface area contributed by atoms with E-state index in [-0.39, 0.29) is 22.6 Å². The second-order valence-corrected chi connectivity index (χ2v) is 6.96. The number of benzene rings is 1. The molecule has 0 saturated heterocycles. The Hall–Kier alpha value is -4.01. The number of carbonyl (C=O) groups excluding carboxylic acids is 1. The number of imidazole rings is 1. The zero-order valence-electron chi connectivity index (χ0n) is 16.6. The van der Waals surface area contributed by atoms with Crippen LogP contribution in [0.2, 0.25) is 0 Å². The third-order valence-electron chi connectivity index (χ3n) is 5.00. The molecule has 0 radical (unpaired) electrons. The molecule has 0 fully saturated rings. The summed E-state index contributed by atoms with van der Waals surface area (Å²) in [5.74, 6) is -0.387. The van der Waals surface area contributed by atoms with Crippen molar-refractivity contribution in [2.45, 2.75) is 13.1 Å². The standard InChI is InChI=1S/C21H20N6O3/c1-25-18-16(20(29)26(2)21(25)30)7-8-17(24-18)19(28)23-11-14-5-3-4-6-15(14)12-27-10-9-22-13-27/h3-10,13H,11-12H2,1-2H3,(H,23,28). The fraction of sp³-hybridized carbons (Fsp3) is 0.190.